The summed E-state index contributed by atoms with van der Waals surface area (Å²) in [5, 5.41) is 0.621. The summed E-state index contributed by atoms with van der Waals surface area (Å²) in [5.74, 6) is 3.70. The number of amides is 1. The molecule has 4 rings (SSSR count). The van der Waals surface area contributed by atoms with Gasteiger partial charge >= 0.3 is 0 Å². The van der Waals surface area contributed by atoms with Gasteiger partial charge in [-0.3, -0.25) is 4.79 Å². The predicted molar refractivity (Wildman–Crippen MR) is 120 cm³/mol. The van der Waals surface area contributed by atoms with Gasteiger partial charge in [0.25, 0.3) is 5.91 Å². The summed E-state index contributed by atoms with van der Waals surface area (Å²) in [6, 6.07) is 10.8. The molecule has 1 saturated carbocycles. The molecule has 0 N–H and O–H groups in total. The molecule has 1 aliphatic carbocycles. The van der Waals surface area contributed by atoms with Gasteiger partial charge in [-0.2, -0.15) is 0 Å². The normalized spacial score (nSPS) is 17.5. The van der Waals surface area contributed by atoms with Crippen molar-refractivity contribution in [2.75, 3.05) is 6.61 Å². The lowest BCUT2D eigenvalue weighted by Crippen LogP contribution is -2.30. The van der Waals surface area contributed by atoms with Crippen LogP contribution < -0.4 is 4.74 Å². The zero-order chi connectivity index (χ0) is 22.0. The number of carbonyl (C=O) groups excluding carboxylic acids is 1. The molecule has 3 aromatic rings. The number of benzene rings is 1. The Balaban J connectivity index is 1.57. The van der Waals surface area contributed by atoms with Crippen LogP contribution in [0.25, 0.3) is 0 Å². The molecule has 0 spiro atoms. The zero-order valence-corrected chi connectivity index (χ0v) is 19.1. The van der Waals surface area contributed by atoms with E-state index < -0.39 is 0 Å². The van der Waals surface area contributed by atoms with Crippen LogP contribution in [-0.4, -0.2) is 17.4 Å². The molecule has 0 bridgehead atoms. The van der Waals surface area contributed by atoms with E-state index in [9.17, 15) is 4.79 Å². The van der Waals surface area contributed by atoms with E-state index in [1.165, 1.54) is 0 Å². The van der Waals surface area contributed by atoms with Crippen LogP contribution >= 0.6 is 23.2 Å². The van der Waals surface area contributed by atoms with E-state index in [4.69, 9.17) is 36.8 Å². The highest BCUT2D eigenvalue weighted by molar-refractivity contribution is 6.37. The molecule has 2 aromatic heterocycles. The maximum atomic E-state index is 13.4. The van der Waals surface area contributed by atoms with Gasteiger partial charge in [-0.05, 0) is 55.2 Å². The minimum absolute atomic E-state index is 0.222. The number of nitrogens with zero attached hydrogens (tertiary/aromatic N) is 1. The van der Waals surface area contributed by atoms with Crippen molar-refractivity contribution in [3.8, 4) is 5.75 Å². The number of hydrogen-bond acceptors (Lipinski definition) is 4. The third kappa shape index (κ3) is 5.10. The molecule has 0 aliphatic heterocycles. The van der Waals surface area contributed by atoms with Gasteiger partial charge in [-0.25, -0.2) is 0 Å². The third-order valence-electron chi connectivity index (χ3n) is 5.41. The SMILES string of the molecule is CCCOc1c(Cl)cc(C(=O)N(Cc2ccco2)Cc2ccc(C3CC3C)o2)cc1Cl. The highest BCUT2D eigenvalue weighted by Gasteiger charge is 2.36. The minimum atomic E-state index is -0.222. The van der Waals surface area contributed by atoms with E-state index in [-0.39, 0.29) is 5.91 Å². The van der Waals surface area contributed by atoms with Crippen molar-refractivity contribution in [3.05, 3.63) is 75.6 Å². The Kier molecular flexibility index (Phi) is 6.63. The van der Waals surface area contributed by atoms with E-state index in [0.29, 0.717) is 58.7 Å². The molecule has 31 heavy (non-hydrogen) atoms. The fourth-order valence-corrected chi connectivity index (χ4v) is 4.18. The number of ether oxygens (including phenoxy) is 1. The van der Waals surface area contributed by atoms with Crippen molar-refractivity contribution >= 4 is 29.1 Å². The van der Waals surface area contributed by atoms with Crippen molar-refractivity contribution < 1.29 is 18.4 Å². The first-order valence-corrected chi connectivity index (χ1v) is 11.2. The Morgan fingerprint density at radius 1 is 1.16 bits per heavy atom. The van der Waals surface area contributed by atoms with E-state index in [1.807, 2.05) is 25.1 Å². The molecular formula is C24H25Cl2NO4. The Labute approximate surface area is 191 Å². The summed E-state index contributed by atoms with van der Waals surface area (Å²) in [6.45, 7) is 5.31. The van der Waals surface area contributed by atoms with Gasteiger partial charge in [0.05, 0.1) is 36.0 Å². The lowest BCUT2D eigenvalue weighted by Gasteiger charge is -2.21. The van der Waals surface area contributed by atoms with E-state index in [1.54, 1.807) is 29.4 Å². The van der Waals surface area contributed by atoms with E-state index in [2.05, 4.69) is 6.92 Å². The van der Waals surface area contributed by atoms with Crippen LogP contribution in [0.15, 0.2) is 51.5 Å². The smallest absolute Gasteiger partial charge is 0.254 e. The van der Waals surface area contributed by atoms with Gasteiger partial charge in [-0.1, -0.05) is 37.0 Å². The zero-order valence-electron chi connectivity index (χ0n) is 17.6. The van der Waals surface area contributed by atoms with Crippen LogP contribution in [0.1, 0.15) is 60.2 Å². The number of hydrogen-bond donors (Lipinski definition) is 0. The summed E-state index contributed by atoms with van der Waals surface area (Å²) in [6.07, 6.45) is 3.56. The first-order valence-electron chi connectivity index (χ1n) is 10.5. The van der Waals surface area contributed by atoms with Crippen molar-refractivity contribution in [1.29, 1.82) is 0 Å². The topological polar surface area (TPSA) is 55.8 Å². The van der Waals surface area contributed by atoms with Gasteiger partial charge in [0.15, 0.2) is 5.75 Å². The molecule has 2 unspecified atom stereocenters. The van der Waals surface area contributed by atoms with Gasteiger partial charge in [0.1, 0.15) is 17.3 Å². The van der Waals surface area contributed by atoms with Crippen LogP contribution in [0.3, 0.4) is 0 Å². The lowest BCUT2D eigenvalue weighted by molar-refractivity contribution is 0.0704. The molecule has 0 radical (unpaired) electrons. The Morgan fingerprint density at radius 3 is 2.48 bits per heavy atom. The average molecular weight is 462 g/mol. The monoisotopic (exact) mass is 461 g/mol. The Morgan fingerprint density at radius 2 is 1.87 bits per heavy atom. The van der Waals surface area contributed by atoms with Gasteiger partial charge in [0, 0.05) is 11.5 Å². The fraction of sp³-hybridized carbons (Fsp3) is 0.375. The van der Waals surface area contributed by atoms with Crippen molar-refractivity contribution in [2.24, 2.45) is 5.92 Å². The average Bonchev–Trinajstić information content (AvgIpc) is 3.13. The molecule has 164 valence electrons. The van der Waals surface area contributed by atoms with Crippen molar-refractivity contribution in [2.45, 2.75) is 45.7 Å². The standard InChI is InChI=1S/C24H25Cl2NO4/c1-3-8-30-23-20(25)11-16(12-21(23)26)24(28)27(13-17-5-4-9-29-17)14-18-6-7-22(31-18)19-10-15(19)2/h4-7,9,11-12,15,19H,3,8,10,13-14H2,1-2H3. The molecule has 1 amide bonds. The summed E-state index contributed by atoms with van der Waals surface area (Å²) in [7, 11) is 0. The summed E-state index contributed by atoms with van der Waals surface area (Å²) in [4.78, 5) is 15.1. The highest BCUT2D eigenvalue weighted by atomic mass is 35.5. The molecule has 1 aromatic carbocycles. The molecule has 2 heterocycles. The number of rotatable bonds is 9. The molecule has 7 heteroatoms. The summed E-state index contributed by atoms with van der Waals surface area (Å²) in [5.41, 5.74) is 0.382. The Hall–Kier alpha value is -2.37. The predicted octanol–water partition coefficient (Wildman–Crippen LogP) is 6.93. The second-order valence-electron chi connectivity index (χ2n) is 7.98. The maximum Gasteiger partial charge on any atom is 0.254 e. The quantitative estimate of drug-likeness (QED) is 0.346. The van der Waals surface area contributed by atoms with Crippen molar-refractivity contribution in [3.63, 3.8) is 0 Å². The minimum Gasteiger partial charge on any atom is -0.490 e. The maximum absolute atomic E-state index is 13.4. The van der Waals surface area contributed by atoms with Crippen LogP contribution in [0.4, 0.5) is 0 Å². The number of halogens is 2. The summed E-state index contributed by atoms with van der Waals surface area (Å²) >= 11 is 12.7. The van der Waals surface area contributed by atoms with E-state index in [0.717, 1.165) is 24.4 Å². The second kappa shape index (κ2) is 9.41. The Bertz CT molecular complexity index is 1020. The first kappa shape index (κ1) is 21.8. The molecule has 5 nitrogen and oxygen atoms in total. The number of carbonyl (C=O) groups is 1. The largest absolute Gasteiger partial charge is 0.490 e. The lowest BCUT2D eigenvalue weighted by atomic mass is 10.1. The molecule has 1 fully saturated rings. The molecule has 2 atom stereocenters. The van der Waals surface area contributed by atoms with E-state index >= 15 is 0 Å². The van der Waals surface area contributed by atoms with Crippen LogP contribution in [0.5, 0.6) is 5.75 Å². The van der Waals surface area contributed by atoms with Gasteiger partial charge < -0.3 is 18.5 Å². The molecule has 0 saturated heterocycles. The van der Waals surface area contributed by atoms with Crippen LogP contribution in [0, 0.1) is 5.92 Å². The van der Waals surface area contributed by atoms with Gasteiger partial charge in [0.2, 0.25) is 0 Å². The first-order chi connectivity index (χ1) is 15.0. The van der Waals surface area contributed by atoms with Crippen LogP contribution in [0.2, 0.25) is 10.0 Å². The molecular weight excluding hydrogens is 437 g/mol. The number of furan rings is 2. The molecule has 1 aliphatic rings. The van der Waals surface area contributed by atoms with Crippen LogP contribution in [-0.2, 0) is 13.1 Å². The summed E-state index contributed by atoms with van der Waals surface area (Å²) < 4.78 is 17.1. The fourth-order valence-electron chi connectivity index (χ4n) is 3.58. The van der Waals surface area contributed by atoms with Gasteiger partial charge in [-0.15, -0.1) is 0 Å². The second-order valence-corrected chi connectivity index (χ2v) is 8.80. The highest BCUT2D eigenvalue weighted by Crippen LogP contribution is 2.47. The third-order valence-corrected chi connectivity index (χ3v) is 5.98. The van der Waals surface area contributed by atoms with Crippen molar-refractivity contribution in [1.82, 2.24) is 4.90 Å².